The largest absolute Gasteiger partial charge is 0.313 e. The first kappa shape index (κ1) is 23.6. The van der Waals surface area contributed by atoms with E-state index in [9.17, 15) is 12.8 Å². The molecule has 1 N–H and O–H groups in total. The van der Waals surface area contributed by atoms with Crippen LogP contribution in [0.3, 0.4) is 0 Å². The molecule has 0 radical (unpaired) electrons. The highest BCUT2D eigenvalue weighted by atomic mass is 35.5. The van der Waals surface area contributed by atoms with E-state index in [-0.39, 0.29) is 21.0 Å². The van der Waals surface area contributed by atoms with Gasteiger partial charge in [-0.15, -0.1) is 10.2 Å². The number of halogens is 2. The van der Waals surface area contributed by atoms with Gasteiger partial charge in [-0.05, 0) is 35.4 Å². The molecule has 166 valence electrons. The van der Waals surface area contributed by atoms with E-state index in [0.29, 0.717) is 23.0 Å². The lowest BCUT2D eigenvalue weighted by Crippen LogP contribution is -2.16. The summed E-state index contributed by atoms with van der Waals surface area (Å²) in [5.41, 5.74) is 1.27. The van der Waals surface area contributed by atoms with Gasteiger partial charge in [0.05, 0.1) is 21.4 Å². The van der Waals surface area contributed by atoms with Crippen LogP contribution >= 0.6 is 23.4 Å². The third-order valence-electron chi connectivity index (χ3n) is 4.81. The van der Waals surface area contributed by atoms with Crippen molar-refractivity contribution in [2.75, 3.05) is 11.0 Å². The number of thioether (sulfide) groups is 1. The molecule has 31 heavy (non-hydrogen) atoms. The summed E-state index contributed by atoms with van der Waals surface area (Å²) < 4.78 is 44.5. The van der Waals surface area contributed by atoms with E-state index in [4.69, 9.17) is 11.6 Å². The van der Waals surface area contributed by atoms with Gasteiger partial charge in [0.15, 0.2) is 5.82 Å². The molecule has 0 unspecified atom stereocenters. The summed E-state index contributed by atoms with van der Waals surface area (Å²) in [4.78, 5) is 0.0721. The van der Waals surface area contributed by atoms with Crippen molar-refractivity contribution in [3.63, 3.8) is 0 Å². The van der Waals surface area contributed by atoms with Gasteiger partial charge in [-0.1, -0.05) is 44.5 Å². The number of hydrogen-bond acceptors (Lipinski definition) is 5. The summed E-state index contributed by atoms with van der Waals surface area (Å²) in [6, 6.07) is 9.03. The maximum absolute atomic E-state index is 14.3. The molecule has 6 nitrogen and oxygen atoms in total. The number of sulfonamides is 1. The van der Waals surface area contributed by atoms with Crippen molar-refractivity contribution in [1.29, 1.82) is 0 Å². The second kappa shape index (κ2) is 8.80. The van der Waals surface area contributed by atoms with Crippen LogP contribution in [0.2, 0.25) is 5.02 Å². The third-order valence-corrected chi connectivity index (χ3v) is 7.03. The third kappa shape index (κ3) is 5.05. The van der Waals surface area contributed by atoms with Crippen molar-refractivity contribution in [1.82, 2.24) is 14.8 Å². The molecule has 10 heteroatoms. The number of nitrogens with zero attached hydrogens (tertiary/aromatic N) is 3. The predicted molar refractivity (Wildman–Crippen MR) is 125 cm³/mol. The summed E-state index contributed by atoms with van der Waals surface area (Å²) in [6.45, 7) is 6.14. The Kier molecular flexibility index (Phi) is 6.69. The fourth-order valence-corrected chi connectivity index (χ4v) is 4.75. The van der Waals surface area contributed by atoms with E-state index in [2.05, 4.69) is 14.9 Å². The molecule has 0 aliphatic heterocycles. The van der Waals surface area contributed by atoms with Crippen molar-refractivity contribution in [2.45, 2.75) is 36.8 Å². The molecule has 1 aromatic heterocycles. The molecule has 0 amide bonds. The van der Waals surface area contributed by atoms with Crippen LogP contribution in [-0.2, 0) is 28.2 Å². The van der Waals surface area contributed by atoms with Gasteiger partial charge in [0.2, 0.25) is 0 Å². The molecule has 0 spiro atoms. The average molecular weight is 483 g/mol. The first-order valence-corrected chi connectivity index (χ1v) is 12.7. The van der Waals surface area contributed by atoms with E-state index in [1.165, 1.54) is 18.2 Å². The van der Waals surface area contributed by atoms with Gasteiger partial charge in [-0.2, -0.15) is 11.8 Å². The number of rotatable bonds is 6. The van der Waals surface area contributed by atoms with Crippen molar-refractivity contribution >= 4 is 39.1 Å². The van der Waals surface area contributed by atoms with Crippen molar-refractivity contribution in [3.8, 4) is 11.4 Å². The smallest absolute Gasteiger partial charge is 0.261 e. The zero-order chi connectivity index (χ0) is 23.0. The molecule has 0 saturated heterocycles. The standard InChI is InChI=1S/C21H24ClFN4O2S2/c1-21(2,3)13-6-8-14(9-7-13)31(28,29)26-18-11-17(23)16(22)10-15(18)20-25-24-19(12-30-5)27(20)4/h6-11,26H,12H2,1-5H3. The number of anilines is 1. The Morgan fingerprint density at radius 2 is 1.81 bits per heavy atom. The molecule has 0 fully saturated rings. The van der Waals surface area contributed by atoms with E-state index in [1.807, 2.05) is 27.0 Å². The Hall–Kier alpha value is -2.10. The van der Waals surface area contributed by atoms with Crippen LogP contribution in [-0.4, -0.2) is 29.4 Å². The van der Waals surface area contributed by atoms with Gasteiger partial charge < -0.3 is 4.57 Å². The van der Waals surface area contributed by atoms with Crippen LogP contribution in [0.5, 0.6) is 0 Å². The number of hydrogen-bond donors (Lipinski definition) is 1. The fraction of sp³-hybridized carbons (Fsp3) is 0.333. The average Bonchev–Trinajstić information content (AvgIpc) is 3.04. The minimum atomic E-state index is -3.97. The number of aromatic nitrogens is 3. The molecular formula is C21H24ClFN4O2S2. The SMILES string of the molecule is CSCc1nnc(-c2cc(Cl)c(F)cc2NS(=O)(=O)c2ccc(C(C)(C)C)cc2)n1C. The Morgan fingerprint density at radius 1 is 1.16 bits per heavy atom. The van der Waals surface area contributed by atoms with Gasteiger partial charge in [0.25, 0.3) is 10.0 Å². The van der Waals surface area contributed by atoms with Crippen LogP contribution in [0.1, 0.15) is 32.2 Å². The Balaban J connectivity index is 2.04. The van der Waals surface area contributed by atoms with E-state index in [0.717, 1.165) is 11.6 Å². The monoisotopic (exact) mass is 482 g/mol. The van der Waals surface area contributed by atoms with E-state index < -0.39 is 15.8 Å². The lowest BCUT2D eigenvalue weighted by Gasteiger charge is -2.19. The number of nitrogens with one attached hydrogen (secondary N) is 1. The molecule has 3 rings (SSSR count). The maximum Gasteiger partial charge on any atom is 0.261 e. The molecule has 3 aromatic rings. The molecule has 2 aromatic carbocycles. The lowest BCUT2D eigenvalue weighted by atomic mass is 9.87. The van der Waals surface area contributed by atoms with Gasteiger partial charge in [0.1, 0.15) is 11.6 Å². The van der Waals surface area contributed by atoms with Crippen LogP contribution in [0.25, 0.3) is 11.4 Å². The van der Waals surface area contributed by atoms with Gasteiger partial charge in [-0.25, -0.2) is 12.8 Å². The first-order valence-electron chi connectivity index (χ1n) is 9.44. The van der Waals surface area contributed by atoms with Crippen LogP contribution in [0.15, 0.2) is 41.3 Å². The quantitative estimate of drug-likeness (QED) is 0.520. The minimum Gasteiger partial charge on any atom is -0.313 e. The molecular weight excluding hydrogens is 459 g/mol. The second-order valence-corrected chi connectivity index (χ2v) is 11.1. The van der Waals surface area contributed by atoms with Crippen molar-refractivity contribution in [2.24, 2.45) is 7.05 Å². The van der Waals surface area contributed by atoms with Crippen LogP contribution < -0.4 is 4.72 Å². The predicted octanol–water partition coefficient (Wildman–Crippen LogP) is 5.24. The Morgan fingerprint density at radius 3 is 2.39 bits per heavy atom. The summed E-state index contributed by atoms with van der Waals surface area (Å²) in [6.07, 6.45) is 1.94. The lowest BCUT2D eigenvalue weighted by molar-refractivity contribution is 0.587. The van der Waals surface area contributed by atoms with Crippen molar-refractivity contribution in [3.05, 3.63) is 58.6 Å². The summed E-state index contributed by atoms with van der Waals surface area (Å²) >= 11 is 7.57. The molecule has 0 atom stereocenters. The normalized spacial score (nSPS) is 12.2. The summed E-state index contributed by atoms with van der Waals surface area (Å²) in [5, 5.41) is 8.16. The highest BCUT2D eigenvalue weighted by Crippen LogP contribution is 2.34. The summed E-state index contributed by atoms with van der Waals surface area (Å²) in [5.74, 6) is 0.971. The van der Waals surface area contributed by atoms with Gasteiger partial charge in [-0.3, -0.25) is 4.72 Å². The second-order valence-electron chi connectivity index (χ2n) is 8.12. The topological polar surface area (TPSA) is 76.9 Å². The van der Waals surface area contributed by atoms with Crippen LogP contribution in [0, 0.1) is 5.82 Å². The maximum atomic E-state index is 14.3. The molecule has 0 bridgehead atoms. The van der Waals surface area contributed by atoms with Crippen LogP contribution in [0.4, 0.5) is 10.1 Å². The zero-order valence-electron chi connectivity index (χ0n) is 17.9. The highest BCUT2D eigenvalue weighted by Gasteiger charge is 2.22. The van der Waals surface area contributed by atoms with Gasteiger partial charge in [0, 0.05) is 18.7 Å². The molecule has 1 heterocycles. The van der Waals surface area contributed by atoms with E-state index >= 15 is 0 Å². The highest BCUT2D eigenvalue weighted by molar-refractivity contribution is 7.97. The Bertz CT molecular complexity index is 1200. The summed E-state index contributed by atoms with van der Waals surface area (Å²) in [7, 11) is -2.21. The van der Waals surface area contributed by atoms with E-state index in [1.54, 1.807) is 35.5 Å². The first-order chi connectivity index (χ1) is 14.4. The Labute approximate surface area is 191 Å². The van der Waals surface area contributed by atoms with Gasteiger partial charge >= 0.3 is 0 Å². The molecule has 0 saturated carbocycles. The van der Waals surface area contributed by atoms with Crippen molar-refractivity contribution < 1.29 is 12.8 Å². The fourth-order valence-electron chi connectivity index (χ4n) is 3.00. The molecule has 0 aliphatic carbocycles. The molecule has 0 aliphatic rings. The zero-order valence-corrected chi connectivity index (χ0v) is 20.3. The number of benzene rings is 2. The minimum absolute atomic E-state index is 0.0352.